The van der Waals surface area contributed by atoms with Gasteiger partial charge in [-0.3, -0.25) is 4.79 Å². The Bertz CT molecular complexity index is 1310. The maximum atomic E-state index is 13.4. The summed E-state index contributed by atoms with van der Waals surface area (Å²) in [5.74, 6) is 0.175. The topological polar surface area (TPSA) is 114 Å². The lowest BCUT2D eigenvalue weighted by Gasteiger charge is -2.09. The highest BCUT2D eigenvalue weighted by Gasteiger charge is 2.22. The average molecular weight is 457 g/mol. The lowest BCUT2D eigenvalue weighted by atomic mass is 10.0. The van der Waals surface area contributed by atoms with Crippen LogP contribution in [0.3, 0.4) is 0 Å². The molecule has 0 aliphatic rings. The molecule has 0 aliphatic heterocycles. The van der Waals surface area contributed by atoms with Gasteiger partial charge in [0.15, 0.2) is 11.6 Å². The Morgan fingerprint density at radius 1 is 1.06 bits per heavy atom. The molecule has 0 saturated carbocycles. The van der Waals surface area contributed by atoms with E-state index in [0.717, 1.165) is 18.5 Å². The van der Waals surface area contributed by atoms with Gasteiger partial charge in [0.25, 0.3) is 0 Å². The molecule has 8 nitrogen and oxygen atoms in total. The Hall–Kier alpha value is -4.20. The third-order valence-electron chi connectivity index (χ3n) is 5.60. The first-order valence-electron chi connectivity index (χ1n) is 11.3. The maximum absolute atomic E-state index is 13.4. The molecule has 174 valence electrons. The van der Waals surface area contributed by atoms with Gasteiger partial charge >= 0.3 is 6.03 Å². The number of fused-ring (bicyclic) bond motifs is 1. The van der Waals surface area contributed by atoms with Gasteiger partial charge in [0, 0.05) is 23.5 Å². The zero-order chi connectivity index (χ0) is 24.1. The Balaban J connectivity index is 1.44. The van der Waals surface area contributed by atoms with Crippen molar-refractivity contribution >= 4 is 28.8 Å². The van der Waals surface area contributed by atoms with Crippen molar-refractivity contribution in [3.8, 4) is 0 Å². The minimum atomic E-state index is -0.313. The van der Waals surface area contributed by atoms with Crippen LogP contribution >= 0.6 is 0 Å². The summed E-state index contributed by atoms with van der Waals surface area (Å²) < 4.78 is 1.67. The molecule has 2 aromatic heterocycles. The minimum Gasteiger partial charge on any atom is -0.382 e. The van der Waals surface area contributed by atoms with Gasteiger partial charge in [-0.25, -0.2) is 14.3 Å². The Kier molecular flexibility index (Phi) is 6.87. The molecule has 0 atom stereocenters. The van der Waals surface area contributed by atoms with Gasteiger partial charge in [-0.2, -0.15) is 5.10 Å². The third kappa shape index (κ3) is 5.06. The van der Waals surface area contributed by atoms with Crippen LogP contribution in [0, 0.1) is 0 Å². The average Bonchev–Trinajstić information content (AvgIpc) is 3.24. The molecule has 0 aliphatic carbocycles. The monoisotopic (exact) mass is 456 g/mol. The summed E-state index contributed by atoms with van der Waals surface area (Å²) in [6, 6.07) is 18.5. The van der Waals surface area contributed by atoms with Crippen LogP contribution in [0.25, 0.3) is 5.52 Å². The maximum Gasteiger partial charge on any atom is 0.319 e. The van der Waals surface area contributed by atoms with Gasteiger partial charge in [0.1, 0.15) is 11.8 Å². The van der Waals surface area contributed by atoms with Crippen molar-refractivity contribution in [1.82, 2.24) is 19.9 Å². The highest BCUT2D eigenvalue weighted by atomic mass is 16.2. The van der Waals surface area contributed by atoms with Gasteiger partial charge in [-0.1, -0.05) is 56.3 Å². The van der Waals surface area contributed by atoms with Gasteiger partial charge in [-0.15, -0.1) is 0 Å². The van der Waals surface area contributed by atoms with E-state index in [9.17, 15) is 9.59 Å². The Labute approximate surface area is 198 Å². The van der Waals surface area contributed by atoms with Crippen molar-refractivity contribution in [2.75, 3.05) is 17.6 Å². The van der Waals surface area contributed by atoms with Crippen molar-refractivity contribution in [2.24, 2.45) is 0 Å². The summed E-state index contributed by atoms with van der Waals surface area (Å²) in [6.07, 6.45) is 3.10. The molecule has 34 heavy (non-hydrogen) atoms. The third-order valence-corrected chi connectivity index (χ3v) is 5.60. The molecule has 2 aromatic carbocycles. The number of benzene rings is 2. The predicted octanol–water partition coefficient (Wildman–Crippen LogP) is 4.42. The number of rotatable bonds is 8. The molecule has 4 rings (SSSR count). The number of nitrogens with zero attached hydrogens (tertiary/aromatic N) is 3. The number of carbonyl (C=O) groups is 2. The van der Waals surface area contributed by atoms with Crippen LogP contribution in [-0.4, -0.2) is 33.0 Å². The second-order valence-corrected chi connectivity index (χ2v) is 8.42. The predicted molar refractivity (Wildman–Crippen MR) is 133 cm³/mol. The summed E-state index contributed by atoms with van der Waals surface area (Å²) in [4.78, 5) is 29.8. The molecule has 0 saturated heterocycles. The number of aryl methyl sites for hydroxylation is 1. The molecule has 0 fully saturated rings. The Morgan fingerprint density at radius 2 is 1.85 bits per heavy atom. The zero-order valence-electron chi connectivity index (χ0n) is 19.3. The normalized spacial score (nSPS) is 11.0. The van der Waals surface area contributed by atoms with Crippen LogP contribution in [0.15, 0.2) is 67.0 Å². The number of ketones is 1. The van der Waals surface area contributed by atoms with Crippen molar-refractivity contribution in [1.29, 1.82) is 0 Å². The van der Waals surface area contributed by atoms with E-state index in [2.05, 4.69) is 32.8 Å². The summed E-state index contributed by atoms with van der Waals surface area (Å²) >= 11 is 0. The number of nitrogens with two attached hydrogens (primary N) is 1. The van der Waals surface area contributed by atoms with Gasteiger partial charge in [0.05, 0.1) is 5.56 Å². The van der Waals surface area contributed by atoms with Crippen LogP contribution in [0.2, 0.25) is 0 Å². The molecule has 4 aromatic rings. The molecule has 8 heteroatoms. The zero-order valence-corrected chi connectivity index (χ0v) is 19.3. The fourth-order valence-corrected chi connectivity index (χ4v) is 3.88. The Morgan fingerprint density at radius 3 is 2.62 bits per heavy atom. The first kappa shape index (κ1) is 23.0. The standard InChI is InChI=1S/C26H28N6O2/c1-17(2)22-15-21(23-25(27)29-16-30-32(22)23)24(33)19-11-6-12-20(14-19)31-26(34)28-13-7-10-18-8-4-3-5-9-18/h3-6,8-9,11-12,14-17H,7,10,13H2,1-2H3,(H2,27,29,30)(H2,28,31,34). The quantitative estimate of drug-likeness (QED) is 0.268. The largest absolute Gasteiger partial charge is 0.382 e. The van der Waals surface area contributed by atoms with Gasteiger partial charge in [-0.05, 0) is 42.5 Å². The lowest BCUT2D eigenvalue weighted by molar-refractivity contribution is 0.104. The van der Waals surface area contributed by atoms with Crippen molar-refractivity contribution in [3.63, 3.8) is 0 Å². The number of hydrogen-bond acceptors (Lipinski definition) is 5. The highest BCUT2D eigenvalue weighted by molar-refractivity contribution is 6.15. The molecule has 4 N–H and O–H groups in total. The number of nitrogens with one attached hydrogen (secondary N) is 2. The second kappa shape index (κ2) is 10.2. The minimum absolute atomic E-state index is 0.141. The van der Waals surface area contributed by atoms with Crippen LogP contribution in [0.5, 0.6) is 0 Å². The number of aromatic nitrogens is 3. The molecular weight excluding hydrogens is 428 g/mol. The van der Waals surface area contributed by atoms with E-state index < -0.39 is 0 Å². The van der Waals surface area contributed by atoms with E-state index in [1.165, 1.54) is 11.9 Å². The van der Waals surface area contributed by atoms with E-state index in [0.29, 0.717) is 28.9 Å². The van der Waals surface area contributed by atoms with E-state index in [1.807, 2.05) is 38.1 Å². The van der Waals surface area contributed by atoms with Crippen molar-refractivity contribution < 1.29 is 9.59 Å². The number of nitrogen functional groups attached to an aromatic ring is 1. The smallest absolute Gasteiger partial charge is 0.319 e. The molecule has 0 spiro atoms. The first-order chi connectivity index (χ1) is 16.4. The van der Waals surface area contributed by atoms with Crippen LogP contribution < -0.4 is 16.4 Å². The van der Waals surface area contributed by atoms with E-state index in [4.69, 9.17) is 5.73 Å². The van der Waals surface area contributed by atoms with Crippen LogP contribution in [0.1, 0.15) is 53.4 Å². The summed E-state index contributed by atoms with van der Waals surface area (Å²) in [7, 11) is 0. The second-order valence-electron chi connectivity index (χ2n) is 8.42. The van der Waals surface area contributed by atoms with Crippen LogP contribution in [0.4, 0.5) is 16.3 Å². The van der Waals surface area contributed by atoms with E-state index in [1.54, 1.807) is 28.8 Å². The van der Waals surface area contributed by atoms with Crippen molar-refractivity contribution in [3.05, 3.63) is 89.4 Å². The van der Waals surface area contributed by atoms with Crippen molar-refractivity contribution in [2.45, 2.75) is 32.6 Å². The molecule has 2 heterocycles. The van der Waals surface area contributed by atoms with Gasteiger partial charge < -0.3 is 16.4 Å². The molecule has 0 unspecified atom stereocenters. The molecule has 0 radical (unpaired) electrons. The van der Waals surface area contributed by atoms with Crippen LogP contribution in [-0.2, 0) is 6.42 Å². The molecular formula is C26H28N6O2. The molecule has 0 bridgehead atoms. The number of urea groups is 1. The lowest BCUT2D eigenvalue weighted by Crippen LogP contribution is -2.29. The number of amides is 2. The van der Waals surface area contributed by atoms with Gasteiger partial charge in [0.2, 0.25) is 0 Å². The van der Waals surface area contributed by atoms with E-state index in [-0.39, 0.29) is 23.6 Å². The molecule has 2 amide bonds. The summed E-state index contributed by atoms with van der Waals surface area (Å²) in [5, 5.41) is 9.94. The van der Waals surface area contributed by atoms with E-state index >= 15 is 0 Å². The number of anilines is 2. The number of hydrogen-bond donors (Lipinski definition) is 3. The highest BCUT2D eigenvalue weighted by Crippen LogP contribution is 2.27. The summed E-state index contributed by atoms with van der Waals surface area (Å²) in [5.41, 5.74) is 10.1. The SMILES string of the molecule is CC(C)c1cc(C(=O)c2cccc(NC(=O)NCCCc3ccccc3)c2)c2c(N)ncnn12. The fraction of sp³-hybridized carbons (Fsp3) is 0.231. The fourth-order valence-electron chi connectivity index (χ4n) is 3.88. The first-order valence-corrected chi connectivity index (χ1v) is 11.3. The summed E-state index contributed by atoms with van der Waals surface area (Å²) in [6.45, 7) is 4.60. The number of carbonyl (C=O) groups excluding carboxylic acids is 2.